The molecular formula is C28H32N2O3. The summed E-state index contributed by atoms with van der Waals surface area (Å²) < 4.78 is 11.2. The first-order chi connectivity index (χ1) is 16.0. The number of fused-ring (bicyclic) bond motifs is 1. The summed E-state index contributed by atoms with van der Waals surface area (Å²) in [5.41, 5.74) is 5.59. The lowest BCUT2D eigenvalue weighted by Crippen LogP contribution is -2.47. The molecule has 3 aromatic rings. The zero-order valence-electron chi connectivity index (χ0n) is 19.8. The van der Waals surface area contributed by atoms with Gasteiger partial charge in [0.2, 0.25) is 0 Å². The normalized spacial score (nSPS) is 16.5. The lowest BCUT2D eigenvalue weighted by Gasteiger charge is -2.41. The van der Waals surface area contributed by atoms with Crippen molar-refractivity contribution >= 4 is 5.91 Å². The molecule has 1 N–H and O–H groups in total. The molecule has 0 saturated carbocycles. The molecule has 1 aliphatic rings. The maximum Gasteiger partial charge on any atom is 0.251 e. The highest BCUT2D eigenvalue weighted by Gasteiger charge is 2.34. The highest BCUT2D eigenvalue weighted by Crippen LogP contribution is 2.40. The molecule has 0 fully saturated rings. The monoisotopic (exact) mass is 444 g/mol. The van der Waals surface area contributed by atoms with E-state index in [0.717, 1.165) is 25.3 Å². The fourth-order valence-corrected chi connectivity index (χ4v) is 4.80. The van der Waals surface area contributed by atoms with E-state index in [4.69, 9.17) is 9.47 Å². The van der Waals surface area contributed by atoms with Gasteiger partial charge in [0, 0.05) is 24.7 Å². The van der Waals surface area contributed by atoms with Gasteiger partial charge < -0.3 is 14.8 Å². The van der Waals surface area contributed by atoms with Crippen LogP contribution in [0.1, 0.15) is 45.6 Å². The Hall–Kier alpha value is -3.31. The first-order valence-electron chi connectivity index (χ1n) is 11.4. The fourth-order valence-electron chi connectivity index (χ4n) is 4.80. The minimum Gasteiger partial charge on any atom is -0.493 e. The molecule has 0 aromatic heterocycles. The van der Waals surface area contributed by atoms with Crippen molar-refractivity contribution < 1.29 is 14.3 Å². The van der Waals surface area contributed by atoms with Crippen LogP contribution in [0.25, 0.3) is 0 Å². The number of ether oxygens (including phenoxy) is 2. The Kier molecular flexibility index (Phi) is 6.99. The Morgan fingerprint density at radius 1 is 1.03 bits per heavy atom. The zero-order valence-corrected chi connectivity index (χ0v) is 19.8. The number of hydrogen-bond acceptors (Lipinski definition) is 4. The van der Waals surface area contributed by atoms with Crippen LogP contribution in [0, 0.1) is 6.92 Å². The second kappa shape index (κ2) is 10.1. The van der Waals surface area contributed by atoms with E-state index in [1.165, 1.54) is 22.3 Å². The molecule has 172 valence electrons. The number of aryl methyl sites for hydroxylation is 1. The van der Waals surface area contributed by atoms with E-state index in [2.05, 4.69) is 60.5 Å². The smallest absolute Gasteiger partial charge is 0.251 e. The summed E-state index contributed by atoms with van der Waals surface area (Å²) in [6.45, 7) is 5.91. The van der Waals surface area contributed by atoms with Gasteiger partial charge in [0.05, 0.1) is 20.3 Å². The van der Waals surface area contributed by atoms with Crippen molar-refractivity contribution in [3.63, 3.8) is 0 Å². The zero-order chi connectivity index (χ0) is 23.4. The molecule has 0 aliphatic carbocycles. The maximum atomic E-state index is 13.0. The van der Waals surface area contributed by atoms with Crippen molar-refractivity contribution in [1.82, 2.24) is 10.2 Å². The van der Waals surface area contributed by atoms with Crippen molar-refractivity contribution in [1.29, 1.82) is 0 Å². The molecule has 5 heteroatoms. The van der Waals surface area contributed by atoms with Crippen LogP contribution in [0.4, 0.5) is 0 Å². The molecule has 0 bridgehead atoms. The fraction of sp³-hybridized carbons (Fsp3) is 0.321. The second-order valence-electron chi connectivity index (χ2n) is 8.69. The van der Waals surface area contributed by atoms with Crippen LogP contribution >= 0.6 is 0 Å². The molecule has 4 rings (SSSR count). The van der Waals surface area contributed by atoms with E-state index in [9.17, 15) is 4.79 Å². The molecule has 3 aromatic carbocycles. The van der Waals surface area contributed by atoms with Gasteiger partial charge in [0.15, 0.2) is 11.5 Å². The summed E-state index contributed by atoms with van der Waals surface area (Å²) in [5.74, 6) is 1.38. The first-order valence-corrected chi connectivity index (χ1v) is 11.4. The highest BCUT2D eigenvalue weighted by molar-refractivity contribution is 5.94. The third-order valence-corrected chi connectivity index (χ3v) is 6.36. The van der Waals surface area contributed by atoms with Crippen molar-refractivity contribution in [3.8, 4) is 11.5 Å². The van der Waals surface area contributed by atoms with Crippen molar-refractivity contribution in [3.05, 3.63) is 94.5 Å². The van der Waals surface area contributed by atoms with Gasteiger partial charge in [-0.15, -0.1) is 0 Å². The Morgan fingerprint density at radius 3 is 2.45 bits per heavy atom. The molecule has 5 nitrogen and oxygen atoms in total. The van der Waals surface area contributed by atoms with Crippen molar-refractivity contribution in [2.24, 2.45) is 0 Å². The average molecular weight is 445 g/mol. The molecule has 1 aliphatic heterocycles. The Labute approximate surface area is 196 Å². The number of hydrogen-bond donors (Lipinski definition) is 1. The van der Waals surface area contributed by atoms with Crippen LogP contribution in [0.2, 0.25) is 0 Å². The number of rotatable bonds is 7. The quantitative estimate of drug-likeness (QED) is 0.561. The molecule has 33 heavy (non-hydrogen) atoms. The van der Waals surface area contributed by atoms with Gasteiger partial charge in [-0.3, -0.25) is 9.69 Å². The second-order valence-corrected chi connectivity index (χ2v) is 8.69. The molecule has 1 amide bonds. The number of amides is 1. The average Bonchev–Trinajstić information content (AvgIpc) is 2.83. The molecule has 0 spiro atoms. The third kappa shape index (κ3) is 5.04. The molecule has 0 radical (unpaired) electrons. The Morgan fingerprint density at radius 2 is 1.76 bits per heavy atom. The highest BCUT2D eigenvalue weighted by atomic mass is 16.5. The van der Waals surface area contributed by atoms with E-state index in [-0.39, 0.29) is 18.0 Å². The van der Waals surface area contributed by atoms with E-state index >= 15 is 0 Å². The number of nitrogens with zero attached hydrogens (tertiary/aromatic N) is 1. The van der Waals surface area contributed by atoms with E-state index in [1.54, 1.807) is 14.2 Å². The van der Waals surface area contributed by atoms with Crippen LogP contribution < -0.4 is 14.8 Å². The van der Waals surface area contributed by atoms with Crippen molar-refractivity contribution in [2.45, 2.75) is 38.9 Å². The SMILES string of the molecule is COc1cc2c(cc1OC)C(C(C)NC(=O)c1ccccc1)N(Cc1cccc(C)c1)CC2. The Bertz CT molecular complexity index is 1110. The van der Waals surface area contributed by atoms with E-state index in [0.29, 0.717) is 11.3 Å². The number of nitrogens with one attached hydrogen (secondary N) is 1. The predicted molar refractivity (Wildman–Crippen MR) is 131 cm³/mol. The minimum absolute atomic E-state index is 0.00160. The van der Waals surface area contributed by atoms with Gasteiger partial charge in [0.1, 0.15) is 0 Å². The standard InChI is InChI=1S/C28H32N2O3/c1-19-9-8-10-21(15-19)18-30-14-13-23-16-25(32-3)26(33-4)17-24(23)27(30)20(2)29-28(31)22-11-6-5-7-12-22/h5-12,15-17,20,27H,13-14,18H2,1-4H3,(H,29,31). The number of carbonyl (C=O) groups excluding carboxylic acids is 1. The van der Waals surface area contributed by atoms with Gasteiger partial charge in [-0.25, -0.2) is 0 Å². The maximum absolute atomic E-state index is 13.0. The van der Waals surface area contributed by atoms with Crippen LogP contribution in [-0.4, -0.2) is 37.6 Å². The lowest BCUT2D eigenvalue weighted by molar-refractivity contribution is 0.0877. The first kappa shape index (κ1) is 22.9. The summed E-state index contributed by atoms with van der Waals surface area (Å²) in [6, 6.07) is 22.0. The van der Waals surface area contributed by atoms with Crippen molar-refractivity contribution in [2.75, 3.05) is 20.8 Å². The van der Waals surface area contributed by atoms with Gasteiger partial charge in [-0.1, -0.05) is 48.0 Å². The number of benzene rings is 3. The molecule has 2 atom stereocenters. The topological polar surface area (TPSA) is 50.8 Å². The molecule has 1 heterocycles. The van der Waals surface area contributed by atoms with Crippen LogP contribution in [0.15, 0.2) is 66.7 Å². The van der Waals surface area contributed by atoms with Gasteiger partial charge in [-0.2, -0.15) is 0 Å². The predicted octanol–water partition coefficient (Wildman–Crippen LogP) is 4.93. The van der Waals surface area contributed by atoms with Crippen LogP contribution in [-0.2, 0) is 13.0 Å². The lowest BCUT2D eigenvalue weighted by atomic mass is 9.87. The summed E-state index contributed by atoms with van der Waals surface area (Å²) in [4.78, 5) is 15.4. The number of carbonyl (C=O) groups is 1. The number of methoxy groups -OCH3 is 2. The summed E-state index contributed by atoms with van der Waals surface area (Å²) >= 11 is 0. The Balaban J connectivity index is 1.69. The largest absolute Gasteiger partial charge is 0.493 e. The van der Waals surface area contributed by atoms with E-state index < -0.39 is 0 Å². The van der Waals surface area contributed by atoms with Crippen LogP contribution in [0.5, 0.6) is 11.5 Å². The van der Waals surface area contributed by atoms with Gasteiger partial charge >= 0.3 is 0 Å². The third-order valence-electron chi connectivity index (χ3n) is 6.36. The van der Waals surface area contributed by atoms with Crippen LogP contribution in [0.3, 0.4) is 0 Å². The van der Waals surface area contributed by atoms with E-state index in [1.807, 2.05) is 30.3 Å². The summed E-state index contributed by atoms with van der Waals surface area (Å²) in [7, 11) is 3.32. The summed E-state index contributed by atoms with van der Waals surface area (Å²) in [6.07, 6.45) is 0.914. The minimum atomic E-state index is -0.111. The summed E-state index contributed by atoms with van der Waals surface area (Å²) in [5, 5.41) is 3.25. The molecule has 0 saturated heterocycles. The van der Waals surface area contributed by atoms with Gasteiger partial charge in [-0.05, 0) is 61.2 Å². The molecule has 2 unspecified atom stereocenters. The molecular weight excluding hydrogens is 412 g/mol. The van der Waals surface area contributed by atoms with Gasteiger partial charge in [0.25, 0.3) is 5.91 Å².